The number of nitrogens with zero attached hydrogens (tertiary/aromatic N) is 1. The van der Waals surface area contributed by atoms with Crippen molar-refractivity contribution in [2.24, 2.45) is 0 Å². The van der Waals surface area contributed by atoms with Gasteiger partial charge in [0.05, 0.1) is 10.6 Å². The summed E-state index contributed by atoms with van der Waals surface area (Å²) in [4.78, 5) is 12.6. The summed E-state index contributed by atoms with van der Waals surface area (Å²) in [6.07, 6.45) is 1.55. The van der Waals surface area contributed by atoms with Crippen LogP contribution in [-0.2, 0) is 11.4 Å². The standard InChI is InChI=1S/C26H22Br2N2O3/c1-17(2)33-23-5-3-4-22(14-23)30-26(31)20(15-29)12-19-8-11-25(24(28)13-19)32-16-18-6-9-21(27)10-7-18/h3-14,17H,16H2,1-2H3,(H,30,31)/b20-12-. The third-order valence-corrected chi connectivity index (χ3v) is 5.55. The van der Waals surface area contributed by atoms with Gasteiger partial charge in [-0.05, 0) is 83.4 Å². The van der Waals surface area contributed by atoms with Gasteiger partial charge < -0.3 is 14.8 Å². The van der Waals surface area contributed by atoms with Gasteiger partial charge in [-0.2, -0.15) is 5.26 Å². The molecule has 3 aromatic carbocycles. The molecule has 5 nitrogen and oxygen atoms in total. The van der Waals surface area contributed by atoms with Crippen molar-refractivity contribution in [3.63, 3.8) is 0 Å². The molecule has 0 heterocycles. The fourth-order valence-corrected chi connectivity index (χ4v) is 3.67. The Labute approximate surface area is 210 Å². The van der Waals surface area contributed by atoms with E-state index in [4.69, 9.17) is 9.47 Å². The van der Waals surface area contributed by atoms with E-state index in [1.54, 1.807) is 36.4 Å². The Kier molecular flexibility index (Phi) is 8.70. The first kappa shape index (κ1) is 24.6. The quantitative estimate of drug-likeness (QED) is 0.231. The number of benzene rings is 3. The number of carbonyl (C=O) groups is 1. The number of nitrogens with one attached hydrogen (secondary N) is 1. The Morgan fingerprint density at radius 2 is 1.85 bits per heavy atom. The van der Waals surface area contributed by atoms with Crippen LogP contribution in [0.3, 0.4) is 0 Å². The third-order valence-electron chi connectivity index (χ3n) is 4.40. The molecule has 0 aromatic heterocycles. The first-order valence-electron chi connectivity index (χ1n) is 10.2. The van der Waals surface area contributed by atoms with Crippen molar-refractivity contribution in [1.82, 2.24) is 0 Å². The van der Waals surface area contributed by atoms with Crippen LogP contribution >= 0.6 is 31.9 Å². The topological polar surface area (TPSA) is 71.3 Å². The zero-order chi connectivity index (χ0) is 23.8. The zero-order valence-electron chi connectivity index (χ0n) is 18.1. The lowest BCUT2D eigenvalue weighted by molar-refractivity contribution is -0.112. The molecule has 0 aliphatic carbocycles. The maximum Gasteiger partial charge on any atom is 0.266 e. The van der Waals surface area contributed by atoms with Crippen LogP contribution in [0, 0.1) is 11.3 Å². The molecule has 0 saturated carbocycles. The van der Waals surface area contributed by atoms with Crippen molar-refractivity contribution in [3.05, 3.63) is 92.4 Å². The predicted octanol–water partition coefficient (Wildman–Crippen LogP) is 7.12. The number of ether oxygens (including phenoxy) is 2. The molecule has 7 heteroatoms. The first-order chi connectivity index (χ1) is 15.8. The maximum atomic E-state index is 12.6. The van der Waals surface area contributed by atoms with E-state index in [0.29, 0.717) is 29.4 Å². The van der Waals surface area contributed by atoms with Crippen LogP contribution in [0.25, 0.3) is 6.08 Å². The van der Waals surface area contributed by atoms with E-state index in [2.05, 4.69) is 37.2 Å². The van der Waals surface area contributed by atoms with Crippen LogP contribution < -0.4 is 14.8 Å². The summed E-state index contributed by atoms with van der Waals surface area (Å²) >= 11 is 6.92. The Bertz CT molecular complexity index is 1200. The number of hydrogen-bond donors (Lipinski definition) is 1. The Morgan fingerprint density at radius 1 is 1.09 bits per heavy atom. The molecule has 0 spiro atoms. The molecule has 0 fully saturated rings. The molecule has 0 atom stereocenters. The van der Waals surface area contributed by atoms with Crippen LogP contribution in [0.4, 0.5) is 5.69 Å². The molecule has 0 radical (unpaired) electrons. The molecule has 168 valence electrons. The van der Waals surface area contributed by atoms with Gasteiger partial charge >= 0.3 is 0 Å². The van der Waals surface area contributed by atoms with Crippen LogP contribution in [0.1, 0.15) is 25.0 Å². The SMILES string of the molecule is CC(C)Oc1cccc(NC(=O)/C(C#N)=C\c2ccc(OCc3ccc(Br)cc3)c(Br)c2)c1. The number of carbonyl (C=O) groups excluding carboxylic acids is 1. The smallest absolute Gasteiger partial charge is 0.266 e. The third kappa shape index (κ3) is 7.48. The molecule has 0 saturated heterocycles. The van der Waals surface area contributed by atoms with Gasteiger partial charge in [-0.3, -0.25) is 4.79 Å². The second-order valence-electron chi connectivity index (χ2n) is 7.42. The zero-order valence-corrected chi connectivity index (χ0v) is 21.3. The van der Waals surface area contributed by atoms with Crippen molar-refractivity contribution in [2.45, 2.75) is 26.6 Å². The molecule has 3 aromatic rings. The number of nitriles is 1. The van der Waals surface area contributed by atoms with Gasteiger partial charge in [0, 0.05) is 16.2 Å². The summed E-state index contributed by atoms with van der Waals surface area (Å²) in [5, 5.41) is 12.3. The normalized spacial score (nSPS) is 11.1. The monoisotopic (exact) mass is 568 g/mol. The number of halogens is 2. The lowest BCUT2D eigenvalue weighted by atomic mass is 10.1. The molecule has 3 rings (SSSR count). The minimum Gasteiger partial charge on any atom is -0.491 e. The first-order valence-corrected chi connectivity index (χ1v) is 11.8. The van der Waals surface area contributed by atoms with Crippen LogP contribution in [0.2, 0.25) is 0 Å². The van der Waals surface area contributed by atoms with E-state index in [-0.39, 0.29) is 11.7 Å². The van der Waals surface area contributed by atoms with E-state index in [0.717, 1.165) is 14.5 Å². The minimum atomic E-state index is -0.495. The molecule has 0 unspecified atom stereocenters. The highest BCUT2D eigenvalue weighted by molar-refractivity contribution is 9.10. The lowest BCUT2D eigenvalue weighted by Gasteiger charge is -2.11. The number of rotatable bonds is 8. The van der Waals surface area contributed by atoms with Gasteiger partial charge in [0.25, 0.3) is 5.91 Å². The summed E-state index contributed by atoms with van der Waals surface area (Å²) in [5.41, 5.74) is 2.28. The van der Waals surface area contributed by atoms with E-state index >= 15 is 0 Å². The molecular formula is C26H22Br2N2O3. The summed E-state index contributed by atoms with van der Waals surface area (Å²) < 4.78 is 13.3. The largest absolute Gasteiger partial charge is 0.491 e. The number of anilines is 1. The molecule has 0 aliphatic heterocycles. The predicted molar refractivity (Wildman–Crippen MR) is 137 cm³/mol. The van der Waals surface area contributed by atoms with Gasteiger partial charge in [0.2, 0.25) is 0 Å². The molecule has 1 amide bonds. The van der Waals surface area contributed by atoms with Crippen molar-refractivity contribution >= 4 is 49.5 Å². The van der Waals surface area contributed by atoms with Gasteiger partial charge in [-0.1, -0.05) is 40.2 Å². The second kappa shape index (κ2) is 11.7. The highest BCUT2D eigenvalue weighted by Crippen LogP contribution is 2.28. The highest BCUT2D eigenvalue weighted by Gasteiger charge is 2.11. The van der Waals surface area contributed by atoms with Crippen molar-refractivity contribution in [1.29, 1.82) is 5.26 Å². The van der Waals surface area contributed by atoms with Crippen LogP contribution in [0.5, 0.6) is 11.5 Å². The molecule has 33 heavy (non-hydrogen) atoms. The summed E-state index contributed by atoms with van der Waals surface area (Å²) in [5.74, 6) is 0.818. The second-order valence-corrected chi connectivity index (χ2v) is 9.19. The Morgan fingerprint density at radius 3 is 2.52 bits per heavy atom. The average molecular weight is 570 g/mol. The van der Waals surface area contributed by atoms with Crippen molar-refractivity contribution in [3.8, 4) is 17.6 Å². The fraction of sp³-hybridized carbons (Fsp3) is 0.154. The van der Waals surface area contributed by atoms with Gasteiger partial charge in [0.1, 0.15) is 29.7 Å². The van der Waals surface area contributed by atoms with Gasteiger partial charge in [-0.25, -0.2) is 0 Å². The van der Waals surface area contributed by atoms with E-state index in [9.17, 15) is 10.1 Å². The van der Waals surface area contributed by atoms with E-state index < -0.39 is 5.91 Å². The lowest BCUT2D eigenvalue weighted by Crippen LogP contribution is -2.13. The van der Waals surface area contributed by atoms with E-state index in [1.165, 1.54) is 6.08 Å². The summed E-state index contributed by atoms with van der Waals surface area (Å²) in [7, 11) is 0. The van der Waals surface area contributed by atoms with Crippen molar-refractivity contribution in [2.75, 3.05) is 5.32 Å². The van der Waals surface area contributed by atoms with Gasteiger partial charge in [0.15, 0.2) is 0 Å². The minimum absolute atomic E-state index is 0.0133. The molecule has 0 bridgehead atoms. The fourth-order valence-electron chi connectivity index (χ4n) is 2.90. The maximum absolute atomic E-state index is 12.6. The molecular weight excluding hydrogens is 548 g/mol. The Hall–Kier alpha value is -3.08. The van der Waals surface area contributed by atoms with Crippen molar-refractivity contribution < 1.29 is 14.3 Å². The Balaban J connectivity index is 1.68. The molecule has 1 N–H and O–H groups in total. The molecule has 0 aliphatic rings. The summed E-state index contributed by atoms with van der Waals surface area (Å²) in [6.45, 7) is 4.28. The number of hydrogen-bond acceptors (Lipinski definition) is 4. The number of amides is 1. The van der Waals surface area contributed by atoms with Crippen LogP contribution in [-0.4, -0.2) is 12.0 Å². The van der Waals surface area contributed by atoms with Crippen LogP contribution in [0.15, 0.2) is 81.2 Å². The average Bonchev–Trinajstić information content (AvgIpc) is 2.77. The summed E-state index contributed by atoms with van der Waals surface area (Å²) in [6, 6.07) is 22.3. The highest BCUT2D eigenvalue weighted by atomic mass is 79.9. The van der Waals surface area contributed by atoms with E-state index in [1.807, 2.05) is 50.2 Å². The van der Waals surface area contributed by atoms with Gasteiger partial charge in [-0.15, -0.1) is 0 Å².